The molecule has 6 rings (SSSR count). The molecule has 0 spiro atoms. The Bertz CT molecular complexity index is 1580. The van der Waals surface area contributed by atoms with E-state index in [0.29, 0.717) is 0 Å². The van der Waals surface area contributed by atoms with Crippen LogP contribution < -0.4 is 5.32 Å². The van der Waals surface area contributed by atoms with E-state index in [2.05, 4.69) is 145 Å². The highest BCUT2D eigenvalue weighted by atomic mass is 14.9. The highest BCUT2D eigenvalue weighted by Gasteiger charge is 2.09. The molecule has 1 N–H and O–H groups in total. The zero-order valence-corrected chi connectivity index (χ0v) is 19.4. The summed E-state index contributed by atoms with van der Waals surface area (Å²) in [4.78, 5) is 0. The van der Waals surface area contributed by atoms with Gasteiger partial charge in [-0.05, 0) is 68.4 Å². The van der Waals surface area contributed by atoms with Crippen LogP contribution in [0.2, 0.25) is 0 Å². The maximum Gasteiger partial charge on any atom is 0.0390 e. The first-order valence-electron chi connectivity index (χ1n) is 12.0. The molecule has 0 atom stereocenters. The fraction of sp³-hybridized carbons (Fsp3) is 0. The van der Waals surface area contributed by atoms with E-state index in [9.17, 15) is 0 Å². The van der Waals surface area contributed by atoms with Crippen molar-refractivity contribution in [1.82, 2.24) is 0 Å². The molecule has 0 saturated heterocycles. The van der Waals surface area contributed by atoms with Crippen LogP contribution in [0.25, 0.3) is 44.2 Å². The smallest absolute Gasteiger partial charge is 0.0390 e. The van der Waals surface area contributed by atoms with Crippen LogP contribution in [0.1, 0.15) is 0 Å². The van der Waals surface area contributed by atoms with Crippen molar-refractivity contribution in [2.45, 2.75) is 0 Å². The lowest BCUT2D eigenvalue weighted by Crippen LogP contribution is -1.91. The molecule has 0 amide bonds. The van der Waals surface area contributed by atoms with Gasteiger partial charge in [0, 0.05) is 11.4 Å². The van der Waals surface area contributed by atoms with E-state index >= 15 is 0 Å². The number of fused-ring (bicyclic) bond motifs is 1. The average molecular weight is 448 g/mol. The summed E-state index contributed by atoms with van der Waals surface area (Å²) >= 11 is 0. The second-order valence-electron chi connectivity index (χ2n) is 8.72. The number of hydrogen-bond acceptors (Lipinski definition) is 1. The highest BCUT2D eigenvalue weighted by Crippen LogP contribution is 2.36. The lowest BCUT2D eigenvalue weighted by molar-refractivity contribution is 1.53. The third-order valence-electron chi connectivity index (χ3n) is 6.46. The fourth-order valence-electron chi connectivity index (χ4n) is 4.73. The normalized spacial score (nSPS) is 10.9. The van der Waals surface area contributed by atoms with Crippen molar-refractivity contribution in [3.8, 4) is 33.4 Å². The first kappa shape index (κ1) is 20.9. The Hall–Kier alpha value is -4.62. The summed E-state index contributed by atoms with van der Waals surface area (Å²) in [5.41, 5.74) is 9.55. The van der Waals surface area contributed by atoms with Gasteiger partial charge in [-0.2, -0.15) is 0 Å². The standard InChI is InChI=1S/C34H25N/c1-3-10-25(11-4-1)28-14-9-15-30(24-28)35-29-20-18-27(19-21-29)32-23-22-31(26-12-5-2-6-13-26)33-16-7-8-17-34(32)33/h1-24,35H. The molecule has 0 radical (unpaired) electrons. The molecule has 0 heterocycles. The van der Waals surface area contributed by atoms with Gasteiger partial charge in [-0.15, -0.1) is 0 Å². The molecule has 35 heavy (non-hydrogen) atoms. The summed E-state index contributed by atoms with van der Waals surface area (Å²) in [6.45, 7) is 0. The lowest BCUT2D eigenvalue weighted by Gasteiger charge is -2.13. The van der Waals surface area contributed by atoms with E-state index in [0.717, 1.165) is 11.4 Å². The molecule has 1 nitrogen and oxygen atoms in total. The van der Waals surface area contributed by atoms with Gasteiger partial charge in [-0.25, -0.2) is 0 Å². The third-order valence-corrected chi connectivity index (χ3v) is 6.46. The van der Waals surface area contributed by atoms with Crippen molar-refractivity contribution in [2.75, 3.05) is 5.32 Å². The molecule has 0 bridgehead atoms. The van der Waals surface area contributed by atoms with Crippen LogP contribution in [-0.4, -0.2) is 0 Å². The van der Waals surface area contributed by atoms with Crippen molar-refractivity contribution < 1.29 is 0 Å². The van der Waals surface area contributed by atoms with E-state index in [4.69, 9.17) is 0 Å². The summed E-state index contributed by atoms with van der Waals surface area (Å²) < 4.78 is 0. The number of nitrogens with one attached hydrogen (secondary N) is 1. The molecule has 0 aliphatic carbocycles. The number of hydrogen-bond donors (Lipinski definition) is 1. The molecule has 6 aromatic rings. The van der Waals surface area contributed by atoms with Crippen molar-refractivity contribution in [2.24, 2.45) is 0 Å². The SMILES string of the molecule is c1ccc(-c2cccc(Nc3ccc(-c4ccc(-c5ccccc5)c5ccccc45)cc3)c2)cc1. The van der Waals surface area contributed by atoms with E-state index in [1.165, 1.54) is 44.2 Å². The van der Waals surface area contributed by atoms with Gasteiger partial charge in [0.05, 0.1) is 0 Å². The summed E-state index contributed by atoms with van der Waals surface area (Å²) in [6, 6.07) is 51.5. The third kappa shape index (κ3) is 4.32. The van der Waals surface area contributed by atoms with Gasteiger partial charge in [0.25, 0.3) is 0 Å². The van der Waals surface area contributed by atoms with E-state index in [-0.39, 0.29) is 0 Å². The maximum atomic E-state index is 3.56. The first-order chi connectivity index (χ1) is 17.3. The zero-order valence-electron chi connectivity index (χ0n) is 19.4. The van der Waals surface area contributed by atoms with Crippen molar-refractivity contribution in [3.05, 3.63) is 146 Å². The van der Waals surface area contributed by atoms with Gasteiger partial charge in [0.2, 0.25) is 0 Å². The minimum Gasteiger partial charge on any atom is -0.356 e. The van der Waals surface area contributed by atoms with Crippen LogP contribution in [0.15, 0.2) is 146 Å². The monoisotopic (exact) mass is 447 g/mol. The average Bonchev–Trinajstić information content (AvgIpc) is 2.94. The minimum absolute atomic E-state index is 1.07. The number of anilines is 2. The summed E-state index contributed by atoms with van der Waals surface area (Å²) in [5.74, 6) is 0. The second kappa shape index (κ2) is 9.32. The number of rotatable bonds is 5. The predicted octanol–water partition coefficient (Wildman–Crippen LogP) is 9.58. The molecule has 0 saturated carbocycles. The van der Waals surface area contributed by atoms with Crippen LogP contribution in [0.5, 0.6) is 0 Å². The first-order valence-corrected chi connectivity index (χ1v) is 12.0. The lowest BCUT2D eigenvalue weighted by atomic mass is 9.92. The highest BCUT2D eigenvalue weighted by molar-refractivity contribution is 6.05. The Morgan fingerprint density at radius 1 is 0.314 bits per heavy atom. The van der Waals surface area contributed by atoms with Crippen LogP contribution >= 0.6 is 0 Å². The molecule has 0 fully saturated rings. The quantitative estimate of drug-likeness (QED) is 0.277. The van der Waals surface area contributed by atoms with Crippen LogP contribution in [-0.2, 0) is 0 Å². The van der Waals surface area contributed by atoms with Crippen molar-refractivity contribution >= 4 is 22.1 Å². The van der Waals surface area contributed by atoms with Crippen LogP contribution in [0.3, 0.4) is 0 Å². The largest absolute Gasteiger partial charge is 0.356 e. The topological polar surface area (TPSA) is 12.0 Å². The van der Waals surface area contributed by atoms with Crippen LogP contribution in [0, 0.1) is 0 Å². The molecule has 166 valence electrons. The van der Waals surface area contributed by atoms with Gasteiger partial charge >= 0.3 is 0 Å². The van der Waals surface area contributed by atoms with Gasteiger partial charge in [-0.1, -0.05) is 121 Å². The molecule has 0 aliphatic rings. The van der Waals surface area contributed by atoms with Gasteiger partial charge in [0.1, 0.15) is 0 Å². The second-order valence-corrected chi connectivity index (χ2v) is 8.72. The number of benzene rings is 6. The minimum atomic E-state index is 1.07. The molecule has 0 aliphatic heterocycles. The molecular weight excluding hydrogens is 422 g/mol. The van der Waals surface area contributed by atoms with E-state index < -0.39 is 0 Å². The molecule has 0 aromatic heterocycles. The van der Waals surface area contributed by atoms with Gasteiger partial charge in [0.15, 0.2) is 0 Å². The van der Waals surface area contributed by atoms with E-state index in [1.54, 1.807) is 0 Å². The van der Waals surface area contributed by atoms with Gasteiger partial charge in [-0.3, -0.25) is 0 Å². The Kier molecular flexibility index (Phi) is 5.58. The molecular formula is C34H25N. The fourth-order valence-corrected chi connectivity index (χ4v) is 4.73. The molecule has 0 unspecified atom stereocenters. The molecule has 6 aromatic carbocycles. The Balaban J connectivity index is 1.30. The Morgan fingerprint density at radius 3 is 1.46 bits per heavy atom. The van der Waals surface area contributed by atoms with Crippen molar-refractivity contribution in [1.29, 1.82) is 0 Å². The molecule has 1 heteroatoms. The summed E-state index contributed by atoms with van der Waals surface area (Å²) in [5, 5.41) is 6.10. The zero-order chi connectivity index (χ0) is 23.5. The maximum absolute atomic E-state index is 3.56. The summed E-state index contributed by atoms with van der Waals surface area (Å²) in [6.07, 6.45) is 0. The predicted molar refractivity (Wildman–Crippen MR) is 150 cm³/mol. The van der Waals surface area contributed by atoms with Crippen molar-refractivity contribution in [3.63, 3.8) is 0 Å². The summed E-state index contributed by atoms with van der Waals surface area (Å²) in [7, 11) is 0. The van der Waals surface area contributed by atoms with Gasteiger partial charge < -0.3 is 5.32 Å². The van der Waals surface area contributed by atoms with E-state index in [1.807, 2.05) is 6.07 Å². The van der Waals surface area contributed by atoms with Crippen LogP contribution in [0.4, 0.5) is 11.4 Å². The Morgan fingerprint density at radius 2 is 0.829 bits per heavy atom. The Labute approximate surface area is 206 Å².